The number of benzene rings is 1. The summed E-state index contributed by atoms with van der Waals surface area (Å²) in [6.07, 6.45) is 0.378. The van der Waals surface area contributed by atoms with Crippen molar-refractivity contribution in [1.82, 2.24) is 4.90 Å². The fourth-order valence-corrected chi connectivity index (χ4v) is 5.65. The van der Waals surface area contributed by atoms with Gasteiger partial charge in [0, 0.05) is 13.1 Å². The Bertz CT molecular complexity index is 887. The van der Waals surface area contributed by atoms with Crippen LogP contribution in [0.25, 0.3) is 0 Å². The molecule has 2 aromatic rings. The predicted octanol–water partition coefficient (Wildman–Crippen LogP) is 2.95. The van der Waals surface area contributed by atoms with E-state index in [4.69, 9.17) is 0 Å². The number of rotatable bonds is 3. The Kier molecular flexibility index (Phi) is 5.06. The molecule has 1 aromatic carbocycles. The topological polar surface area (TPSA) is 71.5 Å². The zero-order valence-corrected chi connectivity index (χ0v) is 15.5. The molecular formula is C18H19NO4S2. The molecule has 0 aliphatic carbocycles. The molecule has 0 bridgehead atoms. The van der Waals surface area contributed by atoms with Crippen LogP contribution >= 0.6 is 11.3 Å². The average molecular weight is 377 g/mol. The second-order valence-corrected chi connectivity index (χ2v) is 9.45. The third-order valence-corrected chi connectivity index (χ3v) is 7.66. The molecule has 1 amide bonds. The summed E-state index contributed by atoms with van der Waals surface area (Å²) in [5, 5.41) is -0.581. The molecule has 1 saturated heterocycles. The van der Waals surface area contributed by atoms with Gasteiger partial charge in [0.25, 0.3) is 5.91 Å². The molecule has 7 heteroatoms. The van der Waals surface area contributed by atoms with Crippen LogP contribution in [0, 0.1) is 0 Å². The molecule has 1 aliphatic rings. The molecule has 5 nitrogen and oxygen atoms in total. The van der Waals surface area contributed by atoms with Crippen molar-refractivity contribution in [2.45, 2.75) is 18.6 Å². The molecular weight excluding hydrogens is 358 g/mol. The highest BCUT2D eigenvalue weighted by atomic mass is 32.2. The smallest absolute Gasteiger partial charge is 0.263 e. The van der Waals surface area contributed by atoms with Gasteiger partial charge in [-0.05, 0) is 31.0 Å². The second kappa shape index (κ2) is 7.09. The third-order valence-electron chi connectivity index (χ3n) is 4.36. The normalized spacial score (nSPS) is 20.0. The lowest BCUT2D eigenvalue weighted by molar-refractivity contribution is 0.0771. The van der Waals surface area contributed by atoms with E-state index in [-0.39, 0.29) is 24.0 Å². The van der Waals surface area contributed by atoms with Crippen LogP contribution in [-0.2, 0) is 9.84 Å². The van der Waals surface area contributed by atoms with Crippen molar-refractivity contribution in [2.75, 3.05) is 18.8 Å². The fraction of sp³-hybridized carbons (Fsp3) is 0.333. The van der Waals surface area contributed by atoms with E-state index < -0.39 is 15.1 Å². The number of Topliss-reactive ketones (excluding diaryl/α,β-unsaturated/α-hetero) is 1. The minimum Gasteiger partial charge on any atom is -0.337 e. The van der Waals surface area contributed by atoms with E-state index in [2.05, 4.69) is 0 Å². The monoisotopic (exact) mass is 377 g/mol. The number of hydrogen-bond donors (Lipinski definition) is 0. The number of carbonyl (C=O) groups excluding carboxylic acids is 2. The molecule has 1 fully saturated rings. The Morgan fingerprint density at radius 3 is 2.36 bits per heavy atom. The molecule has 1 atom stereocenters. The maximum Gasteiger partial charge on any atom is 0.263 e. The number of nitrogens with zero attached hydrogens (tertiary/aromatic N) is 1. The number of thiophene rings is 1. The minimum absolute atomic E-state index is 0.0523. The van der Waals surface area contributed by atoms with Crippen LogP contribution in [-0.4, -0.2) is 43.9 Å². The zero-order chi connectivity index (χ0) is 18.0. The highest BCUT2D eigenvalue weighted by Gasteiger charge is 2.33. The largest absolute Gasteiger partial charge is 0.337 e. The summed E-state index contributed by atoms with van der Waals surface area (Å²) in [6.45, 7) is 2.02. The molecule has 2 heterocycles. The molecule has 0 spiro atoms. The Morgan fingerprint density at radius 2 is 1.72 bits per heavy atom. The van der Waals surface area contributed by atoms with Crippen LogP contribution in [0.5, 0.6) is 0 Å². The Balaban J connectivity index is 1.80. The second-order valence-electron chi connectivity index (χ2n) is 6.07. The Morgan fingerprint density at radius 1 is 1.04 bits per heavy atom. The van der Waals surface area contributed by atoms with Crippen molar-refractivity contribution in [2.24, 2.45) is 0 Å². The minimum atomic E-state index is -3.31. The molecule has 1 aromatic heterocycles. The summed E-state index contributed by atoms with van der Waals surface area (Å²) in [4.78, 5) is 26.7. The highest BCUT2D eigenvalue weighted by Crippen LogP contribution is 2.30. The van der Waals surface area contributed by atoms with E-state index in [9.17, 15) is 18.0 Å². The van der Waals surface area contributed by atoms with Crippen molar-refractivity contribution in [3.63, 3.8) is 0 Å². The quantitative estimate of drug-likeness (QED) is 0.771. The van der Waals surface area contributed by atoms with Crippen LogP contribution in [0.3, 0.4) is 0 Å². The van der Waals surface area contributed by atoms with E-state index in [1.54, 1.807) is 17.0 Å². The van der Waals surface area contributed by atoms with Gasteiger partial charge in [0.2, 0.25) is 0 Å². The maximum atomic E-state index is 12.7. The zero-order valence-electron chi connectivity index (χ0n) is 13.8. The first-order valence-corrected chi connectivity index (χ1v) is 10.6. The summed E-state index contributed by atoms with van der Waals surface area (Å²) in [6, 6.07) is 12.4. The number of sulfone groups is 1. The first kappa shape index (κ1) is 17.8. The van der Waals surface area contributed by atoms with E-state index in [1.165, 1.54) is 6.92 Å². The maximum absolute atomic E-state index is 12.7. The van der Waals surface area contributed by atoms with E-state index in [1.807, 2.05) is 30.3 Å². The summed E-state index contributed by atoms with van der Waals surface area (Å²) < 4.78 is 25.2. The lowest BCUT2D eigenvalue weighted by Gasteiger charge is -2.19. The van der Waals surface area contributed by atoms with Crippen molar-refractivity contribution < 1.29 is 18.0 Å². The van der Waals surface area contributed by atoms with Gasteiger partial charge in [-0.25, -0.2) is 8.42 Å². The lowest BCUT2D eigenvalue weighted by Crippen LogP contribution is -2.33. The lowest BCUT2D eigenvalue weighted by atomic mass is 10.1. The van der Waals surface area contributed by atoms with Crippen molar-refractivity contribution >= 4 is 32.9 Å². The fourth-order valence-electron chi connectivity index (χ4n) is 2.99. The highest BCUT2D eigenvalue weighted by molar-refractivity contribution is 7.91. The summed E-state index contributed by atoms with van der Waals surface area (Å²) in [5.74, 6) is -0.337. The molecule has 0 radical (unpaired) electrons. The molecule has 0 saturated carbocycles. The first-order chi connectivity index (χ1) is 11.9. The number of carbonyl (C=O) groups is 2. The first-order valence-electron chi connectivity index (χ1n) is 8.05. The third kappa shape index (κ3) is 3.82. The van der Waals surface area contributed by atoms with Gasteiger partial charge in [0.15, 0.2) is 15.6 Å². The van der Waals surface area contributed by atoms with Crippen LogP contribution in [0.2, 0.25) is 0 Å². The van der Waals surface area contributed by atoms with Crippen molar-refractivity contribution in [3.05, 3.63) is 57.8 Å². The van der Waals surface area contributed by atoms with Gasteiger partial charge in [-0.1, -0.05) is 30.3 Å². The summed E-state index contributed by atoms with van der Waals surface area (Å²) >= 11 is 1.16. The average Bonchev–Trinajstić information content (AvgIpc) is 3.02. The van der Waals surface area contributed by atoms with Crippen molar-refractivity contribution in [3.8, 4) is 0 Å². The number of ketones is 1. The van der Waals surface area contributed by atoms with Gasteiger partial charge in [0.1, 0.15) is 0 Å². The molecule has 3 rings (SSSR count). The Labute approximate surface area is 151 Å². The molecule has 1 unspecified atom stereocenters. The van der Waals surface area contributed by atoms with Gasteiger partial charge >= 0.3 is 0 Å². The van der Waals surface area contributed by atoms with Crippen molar-refractivity contribution in [1.29, 1.82) is 0 Å². The van der Waals surface area contributed by atoms with Gasteiger partial charge in [-0.15, -0.1) is 11.3 Å². The van der Waals surface area contributed by atoms with Crippen LogP contribution in [0.1, 0.15) is 43.5 Å². The predicted molar refractivity (Wildman–Crippen MR) is 97.8 cm³/mol. The standard InChI is InChI=1S/C18H19NO4S2/c1-13(20)15-7-8-16(24-15)18(21)19-10-9-17(25(22,23)12-11-19)14-5-3-2-4-6-14/h2-8,17H,9-12H2,1H3. The Hall–Kier alpha value is -1.99. The summed E-state index contributed by atoms with van der Waals surface area (Å²) in [7, 11) is -3.31. The van der Waals surface area contributed by atoms with E-state index in [0.717, 1.165) is 16.9 Å². The van der Waals surface area contributed by atoms with E-state index in [0.29, 0.717) is 22.7 Å². The molecule has 25 heavy (non-hydrogen) atoms. The van der Waals surface area contributed by atoms with E-state index >= 15 is 0 Å². The molecule has 0 N–H and O–H groups in total. The van der Waals surface area contributed by atoms with Crippen LogP contribution in [0.15, 0.2) is 42.5 Å². The van der Waals surface area contributed by atoms with Gasteiger partial charge in [-0.3, -0.25) is 9.59 Å². The number of hydrogen-bond acceptors (Lipinski definition) is 5. The molecule has 132 valence electrons. The SMILES string of the molecule is CC(=O)c1ccc(C(=O)N2CCC(c3ccccc3)S(=O)(=O)CC2)s1. The van der Waals surface area contributed by atoms with Crippen LogP contribution in [0.4, 0.5) is 0 Å². The van der Waals surface area contributed by atoms with Gasteiger partial charge in [-0.2, -0.15) is 0 Å². The number of amides is 1. The van der Waals surface area contributed by atoms with Gasteiger partial charge < -0.3 is 4.90 Å². The summed E-state index contributed by atoms with van der Waals surface area (Å²) in [5.41, 5.74) is 0.770. The van der Waals surface area contributed by atoms with Gasteiger partial charge in [0.05, 0.1) is 20.8 Å². The van der Waals surface area contributed by atoms with Crippen LogP contribution < -0.4 is 0 Å². The molecule has 1 aliphatic heterocycles.